The minimum Gasteiger partial charge on any atom is -0.413 e. The highest BCUT2D eigenvalue weighted by Crippen LogP contribution is 2.18. The number of nitrogens with zero attached hydrogens (tertiary/aromatic N) is 1. The Labute approximate surface area is 82.1 Å². The van der Waals surface area contributed by atoms with Crippen LogP contribution in [-0.2, 0) is 4.65 Å². The van der Waals surface area contributed by atoms with Gasteiger partial charge in [0.05, 0.1) is 0 Å². The lowest BCUT2D eigenvalue weighted by molar-refractivity contribution is 0.115. The lowest BCUT2D eigenvalue weighted by Gasteiger charge is -2.27. The molecule has 1 aliphatic rings. The van der Waals surface area contributed by atoms with Crippen molar-refractivity contribution in [2.45, 2.75) is 40.2 Å². The van der Waals surface area contributed by atoms with Crippen molar-refractivity contribution in [3.8, 4) is 0 Å². The summed E-state index contributed by atoms with van der Waals surface area (Å²) in [7, 11) is 0.185. The van der Waals surface area contributed by atoms with Crippen molar-refractivity contribution < 1.29 is 4.65 Å². The summed E-state index contributed by atoms with van der Waals surface area (Å²) in [4.78, 5) is 2.33. The summed E-state index contributed by atoms with van der Waals surface area (Å²) in [6, 6.07) is 0. The van der Waals surface area contributed by atoms with Gasteiger partial charge in [0.1, 0.15) is 0 Å². The molecule has 2 nitrogen and oxygen atoms in total. The van der Waals surface area contributed by atoms with Crippen LogP contribution < -0.4 is 0 Å². The first-order valence-electron chi connectivity index (χ1n) is 5.01. The highest BCUT2D eigenvalue weighted by atomic mass is 16.5. The zero-order chi connectivity index (χ0) is 10.1. The second kappa shape index (κ2) is 3.85. The highest BCUT2D eigenvalue weighted by molar-refractivity contribution is 6.56. The molecule has 1 rings (SSSR count). The minimum atomic E-state index is -0.0563. The van der Waals surface area contributed by atoms with E-state index in [1.807, 2.05) is 0 Å². The first-order valence-corrected chi connectivity index (χ1v) is 5.01. The molecule has 0 spiro atoms. The van der Waals surface area contributed by atoms with Crippen molar-refractivity contribution in [1.29, 1.82) is 0 Å². The van der Waals surface area contributed by atoms with Gasteiger partial charge in [0.2, 0.25) is 0 Å². The monoisotopic (exact) mass is 181 g/mol. The van der Waals surface area contributed by atoms with Crippen molar-refractivity contribution in [3.05, 3.63) is 11.5 Å². The van der Waals surface area contributed by atoms with Gasteiger partial charge in [-0.2, -0.15) is 0 Å². The van der Waals surface area contributed by atoms with Crippen LogP contribution in [0.25, 0.3) is 0 Å². The van der Waals surface area contributed by atoms with Gasteiger partial charge in [0.15, 0.2) is 0 Å². The fraction of sp³-hybridized carbons (Fsp3) is 0.800. The molecule has 1 heterocycles. The Hall–Kier alpha value is -0.275. The number of hydrogen-bond donors (Lipinski definition) is 0. The average Bonchev–Trinajstić information content (AvgIpc) is 2.27. The minimum absolute atomic E-state index is 0.0563. The number of likely N-dealkylation sites (N-methyl/N-ethyl adjacent to an activating group) is 1. The molecule has 13 heavy (non-hydrogen) atoms. The van der Waals surface area contributed by atoms with Crippen LogP contribution in [0.3, 0.4) is 0 Å². The van der Waals surface area contributed by atoms with Crippen molar-refractivity contribution in [3.63, 3.8) is 0 Å². The predicted octanol–water partition coefficient (Wildman–Crippen LogP) is 2.11. The fourth-order valence-electron chi connectivity index (χ4n) is 1.57. The second-order valence-corrected chi connectivity index (χ2v) is 4.70. The lowest BCUT2D eigenvalue weighted by Crippen LogP contribution is -2.42. The van der Waals surface area contributed by atoms with E-state index in [2.05, 4.69) is 45.4 Å². The van der Waals surface area contributed by atoms with Crippen molar-refractivity contribution in [1.82, 2.24) is 4.81 Å². The Morgan fingerprint density at radius 2 is 2.15 bits per heavy atom. The first-order chi connectivity index (χ1) is 5.92. The summed E-state index contributed by atoms with van der Waals surface area (Å²) in [6.07, 6.45) is 0. The fourth-order valence-corrected chi connectivity index (χ4v) is 1.57. The summed E-state index contributed by atoms with van der Waals surface area (Å²) < 4.78 is 5.92. The van der Waals surface area contributed by atoms with E-state index in [1.165, 1.54) is 5.57 Å². The van der Waals surface area contributed by atoms with E-state index in [0.29, 0.717) is 0 Å². The standard InChI is InChI=1S/C10H20BNO/c1-6-12-8-9(2)7-11(12)13-10(3,4)5/h7H,6,8H2,1-5H3. The van der Waals surface area contributed by atoms with E-state index >= 15 is 0 Å². The van der Waals surface area contributed by atoms with Crippen LogP contribution in [0.4, 0.5) is 0 Å². The van der Waals surface area contributed by atoms with Crippen molar-refractivity contribution in [2.75, 3.05) is 13.1 Å². The second-order valence-electron chi connectivity index (χ2n) is 4.70. The van der Waals surface area contributed by atoms with Gasteiger partial charge in [-0.15, -0.1) is 0 Å². The van der Waals surface area contributed by atoms with Gasteiger partial charge in [-0.05, 0) is 34.2 Å². The van der Waals surface area contributed by atoms with Crippen LogP contribution in [0.15, 0.2) is 11.5 Å². The summed E-state index contributed by atoms with van der Waals surface area (Å²) in [6.45, 7) is 12.7. The largest absolute Gasteiger partial charge is 0.413 e. The topological polar surface area (TPSA) is 12.5 Å². The molecule has 0 saturated heterocycles. The third-order valence-electron chi connectivity index (χ3n) is 2.12. The molecular weight excluding hydrogens is 161 g/mol. The first kappa shape index (κ1) is 10.8. The Kier molecular flexibility index (Phi) is 3.20. The Morgan fingerprint density at radius 1 is 1.54 bits per heavy atom. The Morgan fingerprint density at radius 3 is 2.62 bits per heavy atom. The van der Waals surface area contributed by atoms with Gasteiger partial charge < -0.3 is 9.47 Å². The third kappa shape index (κ3) is 3.16. The van der Waals surface area contributed by atoms with Gasteiger partial charge in [-0.1, -0.05) is 18.5 Å². The van der Waals surface area contributed by atoms with E-state index in [9.17, 15) is 0 Å². The van der Waals surface area contributed by atoms with E-state index in [1.54, 1.807) is 0 Å². The maximum Gasteiger partial charge on any atom is 0.411 e. The summed E-state index contributed by atoms with van der Waals surface area (Å²) in [5.41, 5.74) is 1.36. The van der Waals surface area contributed by atoms with E-state index < -0.39 is 0 Å². The van der Waals surface area contributed by atoms with E-state index in [-0.39, 0.29) is 12.7 Å². The van der Waals surface area contributed by atoms with Crippen LogP contribution in [0.5, 0.6) is 0 Å². The molecule has 0 N–H and O–H groups in total. The molecule has 74 valence electrons. The van der Waals surface area contributed by atoms with Crippen LogP contribution >= 0.6 is 0 Å². The van der Waals surface area contributed by atoms with Crippen molar-refractivity contribution >= 4 is 7.05 Å². The van der Waals surface area contributed by atoms with E-state index in [0.717, 1.165) is 13.1 Å². The quantitative estimate of drug-likeness (QED) is 0.605. The van der Waals surface area contributed by atoms with Crippen molar-refractivity contribution in [2.24, 2.45) is 0 Å². The molecule has 0 unspecified atom stereocenters. The average molecular weight is 181 g/mol. The smallest absolute Gasteiger partial charge is 0.411 e. The highest BCUT2D eigenvalue weighted by Gasteiger charge is 2.31. The van der Waals surface area contributed by atoms with Crippen LogP contribution in [0.1, 0.15) is 34.6 Å². The molecule has 0 fully saturated rings. The molecule has 0 aromatic rings. The van der Waals surface area contributed by atoms with Crippen LogP contribution in [-0.4, -0.2) is 30.6 Å². The number of rotatable bonds is 2. The predicted molar refractivity (Wildman–Crippen MR) is 57.6 cm³/mol. The molecule has 0 aliphatic carbocycles. The summed E-state index contributed by atoms with van der Waals surface area (Å²) in [5.74, 6) is 2.22. The molecule has 0 radical (unpaired) electrons. The molecular formula is C10H20BNO. The molecule has 0 amide bonds. The maximum absolute atomic E-state index is 5.92. The van der Waals surface area contributed by atoms with Gasteiger partial charge in [-0.25, -0.2) is 0 Å². The summed E-state index contributed by atoms with van der Waals surface area (Å²) in [5, 5.41) is 0. The van der Waals surface area contributed by atoms with Crippen LogP contribution in [0, 0.1) is 0 Å². The third-order valence-corrected chi connectivity index (χ3v) is 2.12. The molecule has 0 bridgehead atoms. The number of hydrogen-bond acceptors (Lipinski definition) is 2. The molecule has 0 atom stereocenters. The Balaban J connectivity index is 2.57. The molecule has 0 saturated carbocycles. The van der Waals surface area contributed by atoms with Gasteiger partial charge in [0, 0.05) is 12.1 Å². The lowest BCUT2D eigenvalue weighted by atomic mass is 9.81. The zero-order valence-electron chi connectivity index (χ0n) is 9.42. The van der Waals surface area contributed by atoms with Crippen LogP contribution in [0.2, 0.25) is 0 Å². The maximum atomic E-state index is 5.92. The van der Waals surface area contributed by atoms with Gasteiger partial charge >= 0.3 is 7.05 Å². The normalized spacial score (nSPS) is 19.5. The van der Waals surface area contributed by atoms with E-state index in [4.69, 9.17) is 4.65 Å². The molecule has 1 aliphatic heterocycles. The molecule has 0 aromatic carbocycles. The molecule has 0 aromatic heterocycles. The zero-order valence-corrected chi connectivity index (χ0v) is 9.42. The van der Waals surface area contributed by atoms with Gasteiger partial charge in [-0.3, -0.25) is 0 Å². The summed E-state index contributed by atoms with van der Waals surface area (Å²) >= 11 is 0. The molecule has 3 heteroatoms. The SMILES string of the molecule is CCN1CC(C)=CB1OC(C)(C)C. The van der Waals surface area contributed by atoms with Gasteiger partial charge in [0.25, 0.3) is 0 Å². The Bertz CT molecular complexity index is 207.